The van der Waals surface area contributed by atoms with Gasteiger partial charge in [-0.1, -0.05) is 41.9 Å². The van der Waals surface area contributed by atoms with Crippen molar-refractivity contribution >= 4 is 23.7 Å². The van der Waals surface area contributed by atoms with Crippen molar-refractivity contribution in [3.63, 3.8) is 0 Å². The van der Waals surface area contributed by atoms with Crippen LogP contribution in [0.15, 0.2) is 71.8 Å². The summed E-state index contributed by atoms with van der Waals surface area (Å²) in [6, 6.07) is 19.9. The largest absolute Gasteiger partial charge is 0.493 e. The molecular formula is C24H23ClN2O4. The Morgan fingerprint density at radius 1 is 1.00 bits per heavy atom. The Kier molecular flexibility index (Phi) is 7.90. The molecular weight excluding hydrogens is 416 g/mol. The van der Waals surface area contributed by atoms with E-state index in [1.54, 1.807) is 18.2 Å². The van der Waals surface area contributed by atoms with E-state index in [1.807, 2.05) is 55.5 Å². The van der Waals surface area contributed by atoms with Gasteiger partial charge in [0.1, 0.15) is 12.4 Å². The van der Waals surface area contributed by atoms with Gasteiger partial charge in [0.25, 0.3) is 5.91 Å². The van der Waals surface area contributed by atoms with Gasteiger partial charge in [-0.2, -0.15) is 5.10 Å². The first-order valence-corrected chi connectivity index (χ1v) is 10.1. The van der Waals surface area contributed by atoms with Crippen LogP contribution in [0.25, 0.3) is 0 Å². The van der Waals surface area contributed by atoms with Crippen molar-refractivity contribution in [3.05, 3.63) is 88.4 Å². The van der Waals surface area contributed by atoms with Gasteiger partial charge in [-0.15, -0.1) is 0 Å². The summed E-state index contributed by atoms with van der Waals surface area (Å²) < 4.78 is 16.6. The van der Waals surface area contributed by atoms with E-state index in [9.17, 15) is 4.79 Å². The van der Waals surface area contributed by atoms with E-state index < -0.39 is 0 Å². The first kappa shape index (κ1) is 22.2. The van der Waals surface area contributed by atoms with Crippen LogP contribution < -0.4 is 19.6 Å². The zero-order valence-corrected chi connectivity index (χ0v) is 18.1. The van der Waals surface area contributed by atoms with Gasteiger partial charge in [-0.05, 0) is 43.3 Å². The number of hydrazone groups is 1. The zero-order valence-electron chi connectivity index (χ0n) is 17.3. The second-order valence-electron chi connectivity index (χ2n) is 6.42. The van der Waals surface area contributed by atoms with E-state index in [0.29, 0.717) is 41.0 Å². The molecule has 0 heterocycles. The first-order valence-electron chi connectivity index (χ1n) is 9.71. The van der Waals surface area contributed by atoms with Gasteiger partial charge in [0.15, 0.2) is 11.5 Å². The summed E-state index contributed by atoms with van der Waals surface area (Å²) in [5.41, 5.74) is 4.53. The van der Waals surface area contributed by atoms with Crippen LogP contribution in [0.2, 0.25) is 5.02 Å². The van der Waals surface area contributed by atoms with Gasteiger partial charge in [-0.3, -0.25) is 4.79 Å². The number of nitrogens with zero attached hydrogens (tertiary/aromatic N) is 1. The highest BCUT2D eigenvalue weighted by molar-refractivity contribution is 6.31. The molecule has 0 aliphatic heterocycles. The van der Waals surface area contributed by atoms with Crippen molar-refractivity contribution in [1.82, 2.24) is 5.43 Å². The molecule has 0 atom stereocenters. The average Bonchev–Trinajstić information content (AvgIpc) is 2.79. The second kappa shape index (κ2) is 11.0. The van der Waals surface area contributed by atoms with Crippen LogP contribution in [0.1, 0.15) is 28.4 Å². The fourth-order valence-electron chi connectivity index (χ4n) is 2.80. The molecule has 6 nitrogen and oxygen atoms in total. The van der Waals surface area contributed by atoms with E-state index in [1.165, 1.54) is 13.3 Å². The lowest BCUT2D eigenvalue weighted by molar-refractivity contribution is 0.0954. The van der Waals surface area contributed by atoms with Crippen LogP contribution in [0.3, 0.4) is 0 Å². The molecule has 0 saturated heterocycles. The Bertz CT molecular complexity index is 1070. The SMILES string of the molecule is CCOc1ccc(C(=O)N/N=C/c2ccccc2OCc2ccccc2Cl)cc1OC. The minimum absolute atomic E-state index is 0.322. The normalized spacial score (nSPS) is 10.7. The number of rotatable bonds is 9. The molecule has 0 bridgehead atoms. The van der Waals surface area contributed by atoms with E-state index in [-0.39, 0.29) is 5.91 Å². The summed E-state index contributed by atoms with van der Waals surface area (Å²) in [5.74, 6) is 1.32. The number of amides is 1. The molecule has 0 radical (unpaired) electrons. The minimum atomic E-state index is -0.368. The van der Waals surface area contributed by atoms with Crippen LogP contribution in [-0.4, -0.2) is 25.8 Å². The topological polar surface area (TPSA) is 69.2 Å². The van der Waals surface area contributed by atoms with E-state index in [0.717, 1.165) is 11.1 Å². The molecule has 31 heavy (non-hydrogen) atoms. The highest BCUT2D eigenvalue weighted by atomic mass is 35.5. The summed E-state index contributed by atoms with van der Waals surface area (Å²) in [5, 5.41) is 4.71. The number of carbonyl (C=O) groups is 1. The van der Waals surface area contributed by atoms with Crippen molar-refractivity contribution in [3.8, 4) is 17.2 Å². The molecule has 0 fully saturated rings. The lowest BCUT2D eigenvalue weighted by Gasteiger charge is -2.11. The number of benzene rings is 3. The number of para-hydroxylation sites is 1. The number of hydrogen-bond acceptors (Lipinski definition) is 5. The Morgan fingerprint density at radius 3 is 2.55 bits per heavy atom. The van der Waals surface area contributed by atoms with Crippen LogP contribution in [0.4, 0.5) is 0 Å². The maximum absolute atomic E-state index is 12.4. The molecule has 160 valence electrons. The Balaban J connectivity index is 1.66. The van der Waals surface area contributed by atoms with Crippen molar-refractivity contribution < 1.29 is 19.0 Å². The Labute approximate surface area is 186 Å². The predicted molar refractivity (Wildman–Crippen MR) is 121 cm³/mol. The smallest absolute Gasteiger partial charge is 0.271 e. The summed E-state index contributed by atoms with van der Waals surface area (Å²) in [6.07, 6.45) is 1.53. The lowest BCUT2D eigenvalue weighted by atomic mass is 10.2. The van der Waals surface area contributed by atoms with Crippen LogP contribution in [0, 0.1) is 0 Å². The van der Waals surface area contributed by atoms with Gasteiger partial charge in [-0.25, -0.2) is 5.43 Å². The van der Waals surface area contributed by atoms with Crippen LogP contribution in [-0.2, 0) is 6.61 Å². The maximum atomic E-state index is 12.4. The number of methoxy groups -OCH3 is 1. The second-order valence-corrected chi connectivity index (χ2v) is 6.82. The van der Waals surface area contributed by atoms with Crippen molar-refractivity contribution in [2.45, 2.75) is 13.5 Å². The molecule has 0 aromatic heterocycles. The minimum Gasteiger partial charge on any atom is -0.493 e. The number of carbonyl (C=O) groups excluding carboxylic acids is 1. The molecule has 0 unspecified atom stereocenters. The molecule has 1 N–H and O–H groups in total. The van der Waals surface area contributed by atoms with Crippen molar-refractivity contribution in [1.29, 1.82) is 0 Å². The van der Waals surface area contributed by atoms with E-state index in [2.05, 4.69) is 10.5 Å². The number of nitrogens with one attached hydrogen (secondary N) is 1. The molecule has 0 aliphatic rings. The summed E-state index contributed by atoms with van der Waals surface area (Å²) in [7, 11) is 1.53. The van der Waals surface area contributed by atoms with Gasteiger partial charge in [0.2, 0.25) is 0 Å². The highest BCUT2D eigenvalue weighted by Crippen LogP contribution is 2.28. The Morgan fingerprint density at radius 2 is 1.77 bits per heavy atom. The van der Waals surface area contributed by atoms with Crippen molar-refractivity contribution in [2.24, 2.45) is 5.10 Å². The summed E-state index contributed by atoms with van der Waals surface area (Å²) in [6.45, 7) is 2.71. The molecule has 7 heteroatoms. The monoisotopic (exact) mass is 438 g/mol. The zero-order chi connectivity index (χ0) is 22.1. The molecule has 3 aromatic carbocycles. The van der Waals surface area contributed by atoms with Gasteiger partial charge >= 0.3 is 0 Å². The maximum Gasteiger partial charge on any atom is 0.271 e. The molecule has 0 spiro atoms. The predicted octanol–water partition coefficient (Wildman–Crippen LogP) is 5.09. The van der Waals surface area contributed by atoms with Crippen molar-refractivity contribution in [2.75, 3.05) is 13.7 Å². The number of ether oxygens (including phenoxy) is 3. The quantitative estimate of drug-likeness (QED) is 0.373. The molecule has 3 aromatic rings. The molecule has 0 saturated carbocycles. The third-order valence-electron chi connectivity index (χ3n) is 4.36. The molecule has 3 rings (SSSR count). The average molecular weight is 439 g/mol. The third kappa shape index (κ3) is 5.99. The summed E-state index contributed by atoms with van der Waals surface area (Å²) in [4.78, 5) is 12.4. The van der Waals surface area contributed by atoms with Gasteiger partial charge < -0.3 is 14.2 Å². The molecule has 0 aliphatic carbocycles. The molecule has 1 amide bonds. The van der Waals surface area contributed by atoms with Gasteiger partial charge in [0.05, 0.1) is 19.9 Å². The van der Waals surface area contributed by atoms with Crippen LogP contribution in [0.5, 0.6) is 17.2 Å². The fraction of sp³-hybridized carbons (Fsp3) is 0.167. The number of halogens is 1. The third-order valence-corrected chi connectivity index (χ3v) is 4.72. The van der Waals surface area contributed by atoms with Gasteiger partial charge in [0, 0.05) is 21.7 Å². The first-order chi connectivity index (χ1) is 15.1. The fourth-order valence-corrected chi connectivity index (χ4v) is 2.99. The lowest BCUT2D eigenvalue weighted by Crippen LogP contribution is -2.17. The van der Waals surface area contributed by atoms with Crippen LogP contribution >= 0.6 is 11.6 Å². The Hall–Kier alpha value is -3.51. The number of hydrogen-bond donors (Lipinski definition) is 1. The standard InChI is InChI=1S/C24H23ClN2O4/c1-3-30-22-13-12-17(14-23(22)29-2)24(28)27-26-15-18-8-5-7-11-21(18)31-16-19-9-4-6-10-20(19)25/h4-15H,3,16H2,1-2H3,(H,27,28)/b26-15+. The highest BCUT2D eigenvalue weighted by Gasteiger charge is 2.11. The summed E-state index contributed by atoms with van der Waals surface area (Å²) >= 11 is 6.19. The van der Waals surface area contributed by atoms with E-state index >= 15 is 0 Å². The van der Waals surface area contributed by atoms with E-state index in [4.69, 9.17) is 25.8 Å².